The second-order valence-electron chi connectivity index (χ2n) is 3.65. The van der Waals surface area contributed by atoms with Crippen LogP contribution >= 0.6 is 34.5 Å². The molecule has 0 unspecified atom stereocenters. The molecule has 0 spiro atoms. The SMILES string of the molecule is CC(C)c1cc(OCC(Cl)=CCl)c(C(=O)O)s1. The number of carboxylic acids is 1. The van der Waals surface area contributed by atoms with Crippen molar-refractivity contribution in [1.29, 1.82) is 0 Å². The van der Waals surface area contributed by atoms with E-state index in [-0.39, 0.29) is 17.4 Å². The average Bonchev–Trinajstić information content (AvgIpc) is 2.70. The van der Waals surface area contributed by atoms with Gasteiger partial charge < -0.3 is 9.84 Å². The van der Waals surface area contributed by atoms with E-state index in [2.05, 4.69) is 0 Å². The summed E-state index contributed by atoms with van der Waals surface area (Å²) in [5, 5.41) is 9.36. The number of thiophene rings is 1. The van der Waals surface area contributed by atoms with Gasteiger partial charge in [-0.3, -0.25) is 0 Å². The Morgan fingerprint density at radius 1 is 1.65 bits per heavy atom. The highest BCUT2D eigenvalue weighted by Gasteiger charge is 2.18. The zero-order valence-electron chi connectivity index (χ0n) is 9.37. The molecule has 17 heavy (non-hydrogen) atoms. The summed E-state index contributed by atoms with van der Waals surface area (Å²) in [7, 11) is 0. The van der Waals surface area contributed by atoms with Crippen LogP contribution in [-0.4, -0.2) is 17.7 Å². The van der Waals surface area contributed by atoms with Gasteiger partial charge in [-0.15, -0.1) is 11.3 Å². The van der Waals surface area contributed by atoms with Crippen molar-refractivity contribution in [2.45, 2.75) is 19.8 Å². The maximum Gasteiger partial charge on any atom is 0.349 e. The smallest absolute Gasteiger partial charge is 0.349 e. The van der Waals surface area contributed by atoms with Crippen molar-refractivity contribution in [2.24, 2.45) is 0 Å². The summed E-state index contributed by atoms with van der Waals surface area (Å²) < 4.78 is 5.33. The third-order valence-electron chi connectivity index (χ3n) is 1.96. The first kappa shape index (κ1) is 14.4. The maximum absolute atomic E-state index is 11.0. The fourth-order valence-electron chi connectivity index (χ4n) is 1.11. The summed E-state index contributed by atoms with van der Waals surface area (Å²) in [5.41, 5.74) is 1.19. The number of hydrogen-bond donors (Lipinski definition) is 1. The number of ether oxygens (including phenoxy) is 1. The molecule has 0 aromatic carbocycles. The average molecular weight is 295 g/mol. The molecule has 0 aliphatic carbocycles. The quantitative estimate of drug-likeness (QED) is 0.882. The lowest BCUT2D eigenvalue weighted by molar-refractivity contribution is 0.0698. The molecule has 94 valence electrons. The van der Waals surface area contributed by atoms with Crippen LogP contribution < -0.4 is 4.74 Å². The number of carboxylic acid groups (broad SMARTS) is 1. The summed E-state index contributed by atoms with van der Waals surface area (Å²) in [6.45, 7) is 4.05. The molecule has 0 saturated heterocycles. The number of halogens is 2. The van der Waals surface area contributed by atoms with Crippen molar-refractivity contribution in [3.63, 3.8) is 0 Å². The van der Waals surface area contributed by atoms with E-state index in [0.29, 0.717) is 10.8 Å². The summed E-state index contributed by atoms with van der Waals surface area (Å²) in [4.78, 5) is 12.2. The Morgan fingerprint density at radius 3 is 2.76 bits per heavy atom. The van der Waals surface area contributed by atoms with Crippen molar-refractivity contribution >= 4 is 40.5 Å². The molecule has 0 atom stereocenters. The zero-order valence-corrected chi connectivity index (χ0v) is 11.7. The summed E-state index contributed by atoms with van der Waals surface area (Å²) in [6.07, 6.45) is 0. The monoisotopic (exact) mass is 294 g/mol. The first-order valence-electron chi connectivity index (χ1n) is 4.90. The zero-order chi connectivity index (χ0) is 13.0. The van der Waals surface area contributed by atoms with Gasteiger partial charge in [-0.25, -0.2) is 4.79 Å². The van der Waals surface area contributed by atoms with Crippen molar-refractivity contribution in [2.75, 3.05) is 6.61 Å². The first-order valence-corrected chi connectivity index (χ1v) is 6.53. The minimum Gasteiger partial charge on any atom is -0.486 e. The van der Waals surface area contributed by atoms with Gasteiger partial charge in [0.05, 0.1) is 5.03 Å². The highest BCUT2D eigenvalue weighted by molar-refractivity contribution is 7.14. The van der Waals surface area contributed by atoms with Gasteiger partial charge in [0.15, 0.2) is 4.88 Å². The van der Waals surface area contributed by atoms with Crippen LogP contribution in [0.15, 0.2) is 16.6 Å². The molecule has 0 saturated carbocycles. The molecule has 0 bridgehead atoms. The third-order valence-corrected chi connectivity index (χ3v) is 3.96. The Hall–Kier alpha value is -0.710. The lowest BCUT2D eigenvalue weighted by Gasteiger charge is -2.03. The predicted molar refractivity (Wildman–Crippen MR) is 70.7 cm³/mol. The fourth-order valence-corrected chi connectivity index (χ4v) is 2.17. The number of hydrogen-bond acceptors (Lipinski definition) is 3. The van der Waals surface area contributed by atoms with Crippen molar-refractivity contribution in [1.82, 2.24) is 0 Å². The van der Waals surface area contributed by atoms with Crippen molar-refractivity contribution < 1.29 is 14.6 Å². The van der Waals surface area contributed by atoms with Crippen LogP contribution in [0.5, 0.6) is 5.75 Å². The Labute approximate surface area is 114 Å². The van der Waals surface area contributed by atoms with Crippen molar-refractivity contribution in [3.8, 4) is 5.75 Å². The molecule has 6 heteroatoms. The van der Waals surface area contributed by atoms with Gasteiger partial charge in [0.25, 0.3) is 0 Å². The minimum atomic E-state index is -0.997. The van der Waals surface area contributed by atoms with E-state index in [9.17, 15) is 4.79 Å². The van der Waals surface area contributed by atoms with Gasteiger partial charge in [-0.2, -0.15) is 0 Å². The fraction of sp³-hybridized carbons (Fsp3) is 0.364. The van der Waals surface area contributed by atoms with E-state index >= 15 is 0 Å². The Bertz CT molecular complexity index is 438. The van der Waals surface area contributed by atoms with Crippen LogP contribution in [0, 0.1) is 0 Å². The number of aromatic carboxylic acids is 1. The van der Waals surface area contributed by atoms with Crippen LogP contribution in [-0.2, 0) is 0 Å². The molecular weight excluding hydrogens is 283 g/mol. The van der Waals surface area contributed by atoms with Gasteiger partial charge in [-0.1, -0.05) is 37.0 Å². The van der Waals surface area contributed by atoms with Gasteiger partial charge in [0.1, 0.15) is 12.4 Å². The molecule has 1 N–H and O–H groups in total. The molecule has 1 aromatic rings. The predicted octanol–water partition coefficient (Wildman–Crippen LogP) is 4.27. The molecule has 0 fully saturated rings. The third kappa shape index (κ3) is 3.91. The van der Waals surface area contributed by atoms with E-state index in [1.807, 2.05) is 13.8 Å². The maximum atomic E-state index is 11.0. The van der Waals surface area contributed by atoms with E-state index in [1.54, 1.807) is 6.07 Å². The molecular formula is C11H12Cl2O3S. The topological polar surface area (TPSA) is 46.5 Å². The van der Waals surface area contributed by atoms with Gasteiger partial charge in [0, 0.05) is 10.4 Å². The molecule has 0 aliphatic heterocycles. The molecule has 0 radical (unpaired) electrons. The van der Waals surface area contributed by atoms with E-state index in [0.717, 1.165) is 4.88 Å². The largest absolute Gasteiger partial charge is 0.486 e. The molecule has 3 nitrogen and oxygen atoms in total. The minimum absolute atomic E-state index is 0.0691. The molecule has 0 aliphatic rings. The van der Waals surface area contributed by atoms with Gasteiger partial charge >= 0.3 is 5.97 Å². The van der Waals surface area contributed by atoms with Crippen molar-refractivity contribution in [3.05, 3.63) is 26.4 Å². The van der Waals surface area contributed by atoms with E-state index < -0.39 is 5.97 Å². The summed E-state index contributed by atoms with van der Waals surface area (Å²) in [5.74, 6) is -0.403. The lowest BCUT2D eigenvalue weighted by Crippen LogP contribution is -2.01. The molecule has 1 aromatic heterocycles. The first-order chi connectivity index (χ1) is 7.95. The Kier molecular flexibility index (Phi) is 5.31. The highest BCUT2D eigenvalue weighted by atomic mass is 35.5. The summed E-state index contributed by atoms with van der Waals surface area (Å²) >= 11 is 12.3. The van der Waals surface area contributed by atoms with Crippen LogP contribution in [0.2, 0.25) is 0 Å². The molecule has 0 amide bonds. The van der Waals surface area contributed by atoms with Crippen LogP contribution in [0.25, 0.3) is 0 Å². The van der Waals surface area contributed by atoms with E-state index in [1.165, 1.54) is 16.9 Å². The van der Waals surface area contributed by atoms with Crippen LogP contribution in [0.1, 0.15) is 34.3 Å². The lowest BCUT2D eigenvalue weighted by atomic mass is 10.2. The molecule has 1 rings (SSSR count). The van der Waals surface area contributed by atoms with Crippen LogP contribution in [0.3, 0.4) is 0 Å². The highest BCUT2D eigenvalue weighted by Crippen LogP contribution is 2.34. The second-order valence-corrected chi connectivity index (χ2v) is 5.43. The van der Waals surface area contributed by atoms with E-state index in [4.69, 9.17) is 33.0 Å². The van der Waals surface area contributed by atoms with Gasteiger partial charge in [0.2, 0.25) is 0 Å². The standard InChI is InChI=1S/C11H12Cl2O3S/c1-6(2)9-3-8(10(17-9)11(14)15)16-5-7(13)4-12/h3-4,6H,5H2,1-2H3,(H,14,15). The second kappa shape index (κ2) is 6.28. The number of carbonyl (C=O) groups is 1. The van der Waals surface area contributed by atoms with Crippen LogP contribution in [0.4, 0.5) is 0 Å². The normalized spacial score (nSPS) is 11.9. The number of rotatable bonds is 5. The molecule has 1 heterocycles. The Morgan fingerprint density at radius 2 is 2.29 bits per heavy atom. The summed E-state index contributed by atoms with van der Waals surface area (Å²) in [6, 6.07) is 1.73. The van der Waals surface area contributed by atoms with Gasteiger partial charge in [-0.05, 0) is 12.0 Å². The Balaban J connectivity index is 2.92.